The van der Waals surface area contributed by atoms with Crippen molar-refractivity contribution >= 4 is 27.5 Å². The number of anilines is 1. The molecule has 1 aromatic carbocycles. The number of nitrogens with zero attached hydrogens (tertiary/aromatic N) is 2. The minimum Gasteiger partial charge on any atom is -0.319 e. The number of amides is 1. The number of carbonyl (C=O) groups is 1. The summed E-state index contributed by atoms with van der Waals surface area (Å²) in [4.78, 5) is 12.2. The van der Waals surface area contributed by atoms with Crippen LogP contribution in [0.4, 0.5) is 5.69 Å². The molecule has 0 aliphatic carbocycles. The average Bonchev–Trinajstić information content (AvgIpc) is 2.59. The van der Waals surface area contributed by atoms with Crippen LogP contribution < -0.4 is 5.32 Å². The number of nitrogens with one attached hydrogen (secondary N) is 1. The van der Waals surface area contributed by atoms with Crippen LogP contribution in [0, 0.1) is 20.8 Å². The number of halogens is 1. The molecule has 1 amide bonds. The minimum atomic E-state index is -0.125. The molecule has 0 aliphatic rings. The second-order valence-corrected chi connectivity index (χ2v) is 5.44. The van der Waals surface area contributed by atoms with Gasteiger partial charge in [0.25, 0.3) is 5.91 Å². The first kappa shape index (κ1) is 13.8. The molecular weight excluding hydrogens is 306 g/mol. The molecule has 0 bridgehead atoms. The Morgan fingerprint density at radius 1 is 1.32 bits per heavy atom. The van der Waals surface area contributed by atoms with Crippen molar-refractivity contribution in [2.24, 2.45) is 7.05 Å². The Morgan fingerprint density at radius 3 is 2.53 bits per heavy atom. The number of aromatic nitrogens is 2. The highest BCUT2D eigenvalue weighted by Crippen LogP contribution is 2.21. The number of carbonyl (C=O) groups excluding carboxylic acids is 1. The van der Waals surface area contributed by atoms with Crippen molar-refractivity contribution in [3.05, 3.63) is 45.2 Å². The molecular formula is C14H16BrN3O. The molecule has 0 spiro atoms. The monoisotopic (exact) mass is 321 g/mol. The van der Waals surface area contributed by atoms with Gasteiger partial charge in [0, 0.05) is 17.1 Å². The normalized spacial score (nSPS) is 10.6. The summed E-state index contributed by atoms with van der Waals surface area (Å²) >= 11 is 3.44. The van der Waals surface area contributed by atoms with Gasteiger partial charge in [0.1, 0.15) is 0 Å². The lowest BCUT2D eigenvalue weighted by Crippen LogP contribution is -2.13. The fraction of sp³-hybridized carbons (Fsp3) is 0.286. The first-order valence-electron chi connectivity index (χ1n) is 5.98. The van der Waals surface area contributed by atoms with Gasteiger partial charge < -0.3 is 5.32 Å². The molecule has 1 N–H and O–H groups in total. The first-order chi connectivity index (χ1) is 8.90. The molecule has 0 fully saturated rings. The second kappa shape index (κ2) is 5.17. The maximum Gasteiger partial charge on any atom is 0.255 e. The SMILES string of the molecule is Cc1ccc(C(=O)Nc2c(C)nn(C)c2C)cc1Br. The molecule has 2 aromatic rings. The van der Waals surface area contributed by atoms with E-state index in [0.717, 1.165) is 27.1 Å². The largest absolute Gasteiger partial charge is 0.319 e. The van der Waals surface area contributed by atoms with Gasteiger partial charge in [-0.05, 0) is 38.5 Å². The molecule has 2 rings (SSSR count). The lowest BCUT2D eigenvalue weighted by molar-refractivity contribution is 0.102. The standard InChI is InChI=1S/C14H16BrN3O/c1-8-5-6-11(7-12(8)15)14(19)16-13-9(2)17-18(4)10(13)3/h5-7H,1-4H3,(H,16,19). The van der Waals surface area contributed by atoms with Crippen LogP contribution >= 0.6 is 15.9 Å². The minimum absolute atomic E-state index is 0.125. The van der Waals surface area contributed by atoms with Gasteiger partial charge in [-0.2, -0.15) is 5.10 Å². The summed E-state index contributed by atoms with van der Waals surface area (Å²) in [5, 5.41) is 7.20. The molecule has 0 radical (unpaired) electrons. The Bertz CT molecular complexity index is 646. The van der Waals surface area contributed by atoms with Crippen molar-refractivity contribution in [1.82, 2.24) is 9.78 Å². The van der Waals surface area contributed by atoms with Crippen molar-refractivity contribution < 1.29 is 4.79 Å². The van der Waals surface area contributed by atoms with Gasteiger partial charge >= 0.3 is 0 Å². The number of hydrogen-bond donors (Lipinski definition) is 1. The highest BCUT2D eigenvalue weighted by Gasteiger charge is 2.14. The van der Waals surface area contributed by atoms with Crippen molar-refractivity contribution in [2.45, 2.75) is 20.8 Å². The second-order valence-electron chi connectivity index (χ2n) is 4.59. The zero-order chi connectivity index (χ0) is 14.2. The lowest BCUT2D eigenvalue weighted by Gasteiger charge is -2.07. The zero-order valence-corrected chi connectivity index (χ0v) is 13.0. The Labute approximate surface area is 120 Å². The number of aryl methyl sites for hydroxylation is 3. The summed E-state index contributed by atoms with van der Waals surface area (Å²) in [6.45, 7) is 5.80. The smallest absolute Gasteiger partial charge is 0.255 e. The summed E-state index contributed by atoms with van der Waals surface area (Å²) in [7, 11) is 1.86. The van der Waals surface area contributed by atoms with E-state index in [4.69, 9.17) is 0 Å². The van der Waals surface area contributed by atoms with E-state index in [1.807, 2.05) is 46.0 Å². The third kappa shape index (κ3) is 2.71. The van der Waals surface area contributed by atoms with E-state index in [-0.39, 0.29) is 5.91 Å². The van der Waals surface area contributed by atoms with E-state index < -0.39 is 0 Å². The summed E-state index contributed by atoms with van der Waals surface area (Å²) in [5.74, 6) is -0.125. The van der Waals surface area contributed by atoms with E-state index in [0.29, 0.717) is 5.56 Å². The van der Waals surface area contributed by atoms with Crippen LogP contribution in [-0.2, 0) is 7.05 Å². The molecule has 5 heteroatoms. The van der Waals surface area contributed by atoms with Crippen molar-refractivity contribution in [1.29, 1.82) is 0 Å². The van der Waals surface area contributed by atoms with Gasteiger partial charge in [0.05, 0.1) is 17.1 Å². The quantitative estimate of drug-likeness (QED) is 0.921. The summed E-state index contributed by atoms with van der Waals surface area (Å²) in [6.07, 6.45) is 0. The highest BCUT2D eigenvalue weighted by molar-refractivity contribution is 9.10. The number of benzene rings is 1. The number of rotatable bonds is 2. The molecule has 1 aromatic heterocycles. The predicted octanol–water partition coefficient (Wildman–Crippen LogP) is 3.36. The van der Waals surface area contributed by atoms with Crippen LogP contribution in [0.3, 0.4) is 0 Å². The molecule has 0 saturated heterocycles. The van der Waals surface area contributed by atoms with E-state index in [1.165, 1.54) is 0 Å². The molecule has 4 nitrogen and oxygen atoms in total. The fourth-order valence-electron chi connectivity index (χ4n) is 1.87. The van der Waals surface area contributed by atoms with E-state index in [9.17, 15) is 4.79 Å². The van der Waals surface area contributed by atoms with Crippen molar-refractivity contribution in [3.63, 3.8) is 0 Å². The number of hydrogen-bond acceptors (Lipinski definition) is 2. The van der Waals surface area contributed by atoms with Gasteiger partial charge in [-0.15, -0.1) is 0 Å². The van der Waals surface area contributed by atoms with Crippen LogP contribution in [0.5, 0.6) is 0 Å². The summed E-state index contributed by atoms with van der Waals surface area (Å²) in [5.41, 5.74) is 4.27. The van der Waals surface area contributed by atoms with Crippen molar-refractivity contribution in [2.75, 3.05) is 5.32 Å². The maximum atomic E-state index is 12.2. The van der Waals surface area contributed by atoms with E-state index in [1.54, 1.807) is 4.68 Å². The maximum absolute atomic E-state index is 12.2. The molecule has 0 aliphatic heterocycles. The van der Waals surface area contributed by atoms with Crippen LogP contribution in [-0.4, -0.2) is 15.7 Å². The van der Waals surface area contributed by atoms with Crippen LogP contribution in [0.1, 0.15) is 27.3 Å². The predicted molar refractivity (Wildman–Crippen MR) is 79.5 cm³/mol. The van der Waals surface area contributed by atoms with Gasteiger partial charge in [-0.25, -0.2) is 0 Å². The van der Waals surface area contributed by atoms with Gasteiger partial charge in [-0.3, -0.25) is 9.48 Å². The lowest BCUT2D eigenvalue weighted by atomic mass is 10.1. The average molecular weight is 322 g/mol. The van der Waals surface area contributed by atoms with Crippen LogP contribution in [0.2, 0.25) is 0 Å². The Hall–Kier alpha value is -1.62. The molecule has 0 atom stereocenters. The topological polar surface area (TPSA) is 46.9 Å². The molecule has 0 saturated carbocycles. The van der Waals surface area contributed by atoms with E-state index >= 15 is 0 Å². The van der Waals surface area contributed by atoms with Crippen LogP contribution in [0.15, 0.2) is 22.7 Å². The summed E-state index contributed by atoms with van der Waals surface area (Å²) in [6, 6.07) is 5.56. The Kier molecular flexibility index (Phi) is 3.75. The van der Waals surface area contributed by atoms with Crippen LogP contribution in [0.25, 0.3) is 0 Å². The Balaban J connectivity index is 2.28. The van der Waals surface area contributed by atoms with Gasteiger partial charge in [-0.1, -0.05) is 22.0 Å². The molecule has 1 heterocycles. The highest BCUT2D eigenvalue weighted by atomic mass is 79.9. The fourth-order valence-corrected chi connectivity index (χ4v) is 2.25. The van der Waals surface area contributed by atoms with Gasteiger partial charge in [0.2, 0.25) is 0 Å². The van der Waals surface area contributed by atoms with E-state index in [2.05, 4.69) is 26.3 Å². The van der Waals surface area contributed by atoms with Crippen molar-refractivity contribution in [3.8, 4) is 0 Å². The zero-order valence-electron chi connectivity index (χ0n) is 11.4. The molecule has 100 valence electrons. The first-order valence-corrected chi connectivity index (χ1v) is 6.77. The Morgan fingerprint density at radius 2 is 2.00 bits per heavy atom. The molecule has 19 heavy (non-hydrogen) atoms. The molecule has 0 unspecified atom stereocenters. The van der Waals surface area contributed by atoms with Gasteiger partial charge in [0.15, 0.2) is 0 Å². The summed E-state index contributed by atoms with van der Waals surface area (Å²) < 4.78 is 2.69. The third-order valence-electron chi connectivity index (χ3n) is 3.18. The third-order valence-corrected chi connectivity index (χ3v) is 4.04.